The zero-order chi connectivity index (χ0) is 17.4. The van der Waals surface area contributed by atoms with Crippen LogP contribution in [0.4, 0.5) is 4.79 Å². The molecule has 0 radical (unpaired) electrons. The number of fused-ring (bicyclic) bond motifs is 1. The van der Waals surface area contributed by atoms with Crippen molar-refractivity contribution in [3.63, 3.8) is 0 Å². The van der Waals surface area contributed by atoms with Gasteiger partial charge in [-0.3, -0.25) is 19.7 Å². The number of piperidine rings is 1. The van der Waals surface area contributed by atoms with Gasteiger partial charge in [0.1, 0.15) is 6.04 Å². The van der Waals surface area contributed by atoms with E-state index in [4.69, 9.17) is 5.11 Å². The molecule has 0 aromatic heterocycles. The summed E-state index contributed by atoms with van der Waals surface area (Å²) in [6, 6.07) is 2.70. The molecule has 0 bridgehead atoms. The molecule has 0 spiro atoms. The fourth-order valence-corrected chi connectivity index (χ4v) is 3.59. The van der Waals surface area contributed by atoms with Crippen LogP contribution in [0.3, 0.4) is 0 Å². The largest absolute Gasteiger partial charge is 0.465 e. The Balaban J connectivity index is 1.84. The summed E-state index contributed by atoms with van der Waals surface area (Å²) in [6.45, 7) is 0.348. The van der Waals surface area contributed by atoms with Crippen LogP contribution in [0.1, 0.15) is 34.3 Å². The van der Waals surface area contributed by atoms with Crippen LogP contribution in [0.2, 0.25) is 0 Å². The van der Waals surface area contributed by atoms with Crippen molar-refractivity contribution in [1.82, 2.24) is 15.5 Å². The van der Waals surface area contributed by atoms with Gasteiger partial charge < -0.3 is 15.3 Å². The Bertz CT molecular complexity index is 764. The lowest BCUT2D eigenvalue weighted by atomic mass is 10.0. The Morgan fingerprint density at radius 2 is 2.12 bits per heavy atom. The molecule has 0 aliphatic carbocycles. The number of imide groups is 1. The molecule has 126 valence electrons. The average molecular weight is 396 g/mol. The number of hydrogen-bond donors (Lipinski definition) is 3. The fourth-order valence-electron chi connectivity index (χ4n) is 2.95. The van der Waals surface area contributed by atoms with Crippen molar-refractivity contribution in [1.29, 1.82) is 0 Å². The minimum absolute atomic E-state index is 0.0763. The van der Waals surface area contributed by atoms with Crippen LogP contribution in [0.15, 0.2) is 16.6 Å². The first-order valence-corrected chi connectivity index (χ1v) is 8.09. The third kappa shape index (κ3) is 2.99. The summed E-state index contributed by atoms with van der Waals surface area (Å²) in [5, 5.41) is 13.2. The van der Waals surface area contributed by atoms with Gasteiger partial charge in [-0.25, -0.2) is 4.79 Å². The quantitative estimate of drug-likeness (QED) is 0.659. The molecule has 1 fully saturated rings. The van der Waals surface area contributed by atoms with Crippen LogP contribution < -0.4 is 10.6 Å². The molecule has 4 amide bonds. The van der Waals surface area contributed by atoms with Gasteiger partial charge in [0.05, 0.1) is 0 Å². The van der Waals surface area contributed by atoms with Gasteiger partial charge in [-0.15, -0.1) is 0 Å². The lowest BCUT2D eigenvalue weighted by Gasteiger charge is -2.29. The molecule has 1 aromatic carbocycles. The maximum absolute atomic E-state index is 12.7. The lowest BCUT2D eigenvalue weighted by Crippen LogP contribution is -2.52. The number of carboxylic acid groups (broad SMARTS) is 1. The van der Waals surface area contributed by atoms with Crippen LogP contribution in [-0.4, -0.2) is 39.9 Å². The highest BCUT2D eigenvalue weighted by molar-refractivity contribution is 9.10. The second kappa shape index (κ2) is 6.23. The molecule has 1 unspecified atom stereocenters. The molecule has 3 N–H and O–H groups in total. The molecule has 24 heavy (non-hydrogen) atoms. The Hall–Kier alpha value is -2.42. The van der Waals surface area contributed by atoms with E-state index in [1.807, 2.05) is 0 Å². The summed E-state index contributed by atoms with van der Waals surface area (Å²) in [5.41, 5.74) is 1.83. The third-order valence-electron chi connectivity index (χ3n) is 4.11. The van der Waals surface area contributed by atoms with Gasteiger partial charge in [0.25, 0.3) is 5.91 Å². The molecule has 0 saturated carbocycles. The predicted octanol–water partition coefficient (Wildman–Crippen LogP) is 0.978. The summed E-state index contributed by atoms with van der Waals surface area (Å²) < 4.78 is 0.685. The number of rotatable bonds is 3. The first kappa shape index (κ1) is 16.4. The second-order valence-electron chi connectivity index (χ2n) is 5.66. The monoisotopic (exact) mass is 395 g/mol. The average Bonchev–Trinajstić information content (AvgIpc) is 2.83. The molecule has 1 aromatic rings. The van der Waals surface area contributed by atoms with E-state index in [0.717, 1.165) is 5.56 Å². The maximum Gasteiger partial charge on any atom is 0.404 e. The lowest BCUT2D eigenvalue weighted by molar-refractivity contribution is -0.136. The molecule has 1 saturated heterocycles. The number of amides is 4. The molecule has 2 aliphatic heterocycles. The highest BCUT2D eigenvalue weighted by Crippen LogP contribution is 2.33. The van der Waals surface area contributed by atoms with E-state index in [1.165, 1.54) is 4.90 Å². The fraction of sp³-hybridized carbons (Fsp3) is 0.333. The molecule has 3 rings (SSSR count). The van der Waals surface area contributed by atoms with Crippen molar-refractivity contribution in [3.8, 4) is 0 Å². The standard InChI is InChI=1S/C15H14BrN3O5/c16-10-4-7(5-17-15(23)24)3-8-9(10)6-19(14(8)22)11-1-2-12(20)18-13(11)21/h3-4,11,17H,1-2,5-6H2,(H,23,24)(H,18,20,21). The number of nitrogens with one attached hydrogen (secondary N) is 2. The normalized spacial score (nSPS) is 20.0. The molecule has 8 nitrogen and oxygen atoms in total. The van der Waals surface area contributed by atoms with Crippen molar-refractivity contribution in [2.24, 2.45) is 0 Å². The van der Waals surface area contributed by atoms with E-state index in [2.05, 4.69) is 26.6 Å². The van der Waals surface area contributed by atoms with Crippen LogP contribution >= 0.6 is 15.9 Å². The van der Waals surface area contributed by atoms with E-state index in [9.17, 15) is 19.2 Å². The SMILES string of the molecule is O=C(O)NCc1cc(Br)c2c(c1)C(=O)N(C1CCC(=O)NC1=O)C2. The van der Waals surface area contributed by atoms with E-state index in [-0.39, 0.29) is 31.3 Å². The minimum Gasteiger partial charge on any atom is -0.465 e. The molecular formula is C15H14BrN3O5. The van der Waals surface area contributed by atoms with Crippen molar-refractivity contribution in [2.75, 3.05) is 0 Å². The van der Waals surface area contributed by atoms with Gasteiger partial charge in [-0.1, -0.05) is 15.9 Å². The summed E-state index contributed by atoms with van der Waals surface area (Å²) in [4.78, 5) is 48.0. The Labute approximate surface area is 145 Å². The maximum atomic E-state index is 12.7. The molecule has 1 atom stereocenters. The highest BCUT2D eigenvalue weighted by Gasteiger charge is 2.39. The minimum atomic E-state index is -1.15. The van der Waals surface area contributed by atoms with Gasteiger partial charge in [0.2, 0.25) is 11.8 Å². The second-order valence-corrected chi connectivity index (χ2v) is 6.52. The zero-order valence-electron chi connectivity index (χ0n) is 12.5. The van der Waals surface area contributed by atoms with E-state index in [0.29, 0.717) is 22.0 Å². The summed E-state index contributed by atoms with van der Waals surface area (Å²) in [6.07, 6.45) is -0.649. The van der Waals surface area contributed by atoms with Gasteiger partial charge in [-0.05, 0) is 29.7 Å². The van der Waals surface area contributed by atoms with Crippen molar-refractivity contribution < 1.29 is 24.3 Å². The molecule has 2 aliphatic rings. The molecular weight excluding hydrogens is 382 g/mol. The van der Waals surface area contributed by atoms with Gasteiger partial charge >= 0.3 is 6.09 Å². The molecule has 2 heterocycles. The summed E-state index contributed by atoms with van der Waals surface area (Å²) in [7, 11) is 0. The van der Waals surface area contributed by atoms with E-state index in [1.54, 1.807) is 12.1 Å². The number of hydrogen-bond acceptors (Lipinski definition) is 4. The Kier molecular flexibility index (Phi) is 4.27. The Morgan fingerprint density at radius 1 is 1.38 bits per heavy atom. The predicted molar refractivity (Wildman–Crippen MR) is 85.1 cm³/mol. The first-order chi connectivity index (χ1) is 11.4. The number of halogens is 1. The third-order valence-corrected chi connectivity index (χ3v) is 4.81. The number of nitrogens with zero attached hydrogens (tertiary/aromatic N) is 1. The Morgan fingerprint density at radius 3 is 2.79 bits per heavy atom. The van der Waals surface area contributed by atoms with Gasteiger partial charge in [0.15, 0.2) is 0 Å². The van der Waals surface area contributed by atoms with Crippen LogP contribution in [0.5, 0.6) is 0 Å². The molecule has 9 heteroatoms. The van der Waals surface area contributed by atoms with Crippen molar-refractivity contribution in [2.45, 2.75) is 32.0 Å². The van der Waals surface area contributed by atoms with Crippen LogP contribution in [0.25, 0.3) is 0 Å². The van der Waals surface area contributed by atoms with Crippen LogP contribution in [0, 0.1) is 0 Å². The van der Waals surface area contributed by atoms with Gasteiger partial charge in [-0.2, -0.15) is 0 Å². The summed E-state index contributed by atoms with van der Waals surface area (Å²) >= 11 is 3.40. The number of benzene rings is 1. The smallest absolute Gasteiger partial charge is 0.404 e. The highest BCUT2D eigenvalue weighted by atomic mass is 79.9. The van der Waals surface area contributed by atoms with Crippen molar-refractivity contribution in [3.05, 3.63) is 33.3 Å². The van der Waals surface area contributed by atoms with Gasteiger partial charge in [0, 0.05) is 29.5 Å². The summed E-state index contributed by atoms with van der Waals surface area (Å²) in [5.74, 6) is -1.09. The van der Waals surface area contributed by atoms with Crippen LogP contribution in [-0.2, 0) is 22.7 Å². The zero-order valence-corrected chi connectivity index (χ0v) is 14.1. The number of carbonyl (C=O) groups excluding carboxylic acids is 3. The first-order valence-electron chi connectivity index (χ1n) is 7.29. The van der Waals surface area contributed by atoms with Crippen molar-refractivity contribution >= 4 is 39.7 Å². The topological polar surface area (TPSA) is 116 Å². The number of carbonyl (C=O) groups is 4. The van der Waals surface area contributed by atoms with E-state index >= 15 is 0 Å². The van der Waals surface area contributed by atoms with E-state index < -0.39 is 18.0 Å².